The molecule has 0 bridgehead atoms. The van der Waals surface area contributed by atoms with Crippen LogP contribution in [0, 0.1) is 13.8 Å². The number of halogens is 4. The van der Waals surface area contributed by atoms with E-state index in [0.29, 0.717) is 28.7 Å². The molecule has 0 radical (unpaired) electrons. The molecule has 40 heavy (non-hydrogen) atoms. The van der Waals surface area contributed by atoms with Gasteiger partial charge in [-0.15, -0.1) is 16.4 Å². The largest absolute Gasteiger partial charge is 0.453 e. The number of rotatable bonds is 4. The van der Waals surface area contributed by atoms with Crippen LogP contribution in [-0.2, 0) is 6.18 Å². The minimum atomic E-state index is -4.63. The number of thiazole rings is 2. The van der Waals surface area contributed by atoms with Gasteiger partial charge in [0, 0.05) is 29.6 Å². The fraction of sp³-hybridized carbons (Fsp3) is 0.286. The highest BCUT2D eigenvalue weighted by Crippen LogP contribution is 2.42. The normalized spacial score (nSPS) is 14.8. The molecule has 206 valence electrons. The van der Waals surface area contributed by atoms with Gasteiger partial charge in [0.1, 0.15) is 4.88 Å². The third-order valence-corrected chi connectivity index (χ3v) is 9.71. The zero-order valence-electron chi connectivity index (χ0n) is 21.5. The highest BCUT2D eigenvalue weighted by Gasteiger charge is 2.38. The number of hydrogen-bond donors (Lipinski definition) is 0. The van der Waals surface area contributed by atoms with Crippen LogP contribution >= 0.6 is 34.3 Å². The van der Waals surface area contributed by atoms with Crippen molar-refractivity contribution in [2.75, 3.05) is 13.1 Å². The SMILES string of the molecule is Cc1ccc(-c2sc(C3CCN(C(=O)c4sc5nc(C(F)(F)F)nn5c4C)CC3)nc2-c2ccc(Cl)cc2)cc1. The van der Waals surface area contributed by atoms with Crippen molar-refractivity contribution in [2.45, 2.75) is 38.8 Å². The summed E-state index contributed by atoms with van der Waals surface area (Å²) in [5, 5.41) is 5.26. The molecule has 4 heterocycles. The van der Waals surface area contributed by atoms with Gasteiger partial charge in [0.2, 0.25) is 4.96 Å². The van der Waals surface area contributed by atoms with Gasteiger partial charge in [-0.1, -0.05) is 64.9 Å². The summed E-state index contributed by atoms with van der Waals surface area (Å²) in [5.41, 5.74) is 4.57. The molecule has 3 aromatic heterocycles. The maximum absolute atomic E-state index is 13.3. The first-order valence-electron chi connectivity index (χ1n) is 12.6. The molecule has 5 aromatic rings. The first-order chi connectivity index (χ1) is 19.1. The lowest BCUT2D eigenvalue weighted by atomic mass is 9.97. The minimum Gasteiger partial charge on any atom is -0.338 e. The number of benzene rings is 2. The van der Waals surface area contributed by atoms with Crippen LogP contribution in [0.5, 0.6) is 0 Å². The molecule has 0 saturated carbocycles. The average Bonchev–Trinajstić information content (AvgIpc) is 3.64. The molecule has 1 amide bonds. The van der Waals surface area contributed by atoms with Crippen LogP contribution in [0.1, 0.15) is 50.5 Å². The smallest absolute Gasteiger partial charge is 0.338 e. The van der Waals surface area contributed by atoms with Gasteiger partial charge in [0.15, 0.2) is 0 Å². The van der Waals surface area contributed by atoms with Gasteiger partial charge in [-0.3, -0.25) is 4.79 Å². The van der Waals surface area contributed by atoms with Crippen molar-refractivity contribution in [3.8, 4) is 21.7 Å². The number of amides is 1. The molecule has 0 atom stereocenters. The number of likely N-dealkylation sites (tertiary alicyclic amines) is 1. The number of fused-ring (bicyclic) bond motifs is 1. The van der Waals surface area contributed by atoms with Gasteiger partial charge in [0.05, 0.1) is 21.3 Å². The summed E-state index contributed by atoms with van der Waals surface area (Å²) in [4.78, 5) is 25.3. The van der Waals surface area contributed by atoms with Gasteiger partial charge in [-0.25, -0.2) is 9.50 Å². The fourth-order valence-electron chi connectivity index (χ4n) is 4.85. The monoisotopic (exact) mass is 601 g/mol. The van der Waals surface area contributed by atoms with Crippen molar-refractivity contribution in [3.05, 3.63) is 80.5 Å². The van der Waals surface area contributed by atoms with E-state index in [4.69, 9.17) is 16.6 Å². The van der Waals surface area contributed by atoms with Gasteiger partial charge in [0.25, 0.3) is 11.7 Å². The fourth-order valence-corrected chi connectivity index (χ4v) is 7.27. The van der Waals surface area contributed by atoms with E-state index in [-0.39, 0.29) is 16.8 Å². The van der Waals surface area contributed by atoms with Crippen molar-refractivity contribution in [1.82, 2.24) is 24.5 Å². The Kier molecular flexibility index (Phi) is 6.92. The van der Waals surface area contributed by atoms with E-state index >= 15 is 0 Å². The quantitative estimate of drug-likeness (QED) is 0.210. The second kappa shape index (κ2) is 10.3. The molecular formula is C28H23ClF3N5OS2. The van der Waals surface area contributed by atoms with E-state index in [1.807, 2.05) is 24.3 Å². The number of aryl methyl sites for hydroxylation is 2. The van der Waals surface area contributed by atoms with Crippen LogP contribution in [0.15, 0.2) is 48.5 Å². The number of carbonyl (C=O) groups is 1. The lowest BCUT2D eigenvalue weighted by Gasteiger charge is -2.31. The maximum atomic E-state index is 13.3. The molecule has 1 saturated heterocycles. The zero-order valence-corrected chi connectivity index (χ0v) is 23.9. The first-order valence-corrected chi connectivity index (χ1v) is 14.7. The lowest BCUT2D eigenvalue weighted by Crippen LogP contribution is -2.37. The van der Waals surface area contributed by atoms with Crippen molar-refractivity contribution in [2.24, 2.45) is 0 Å². The van der Waals surface area contributed by atoms with Gasteiger partial charge in [-0.2, -0.15) is 18.2 Å². The molecule has 1 aliphatic rings. The van der Waals surface area contributed by atoms with E-state index in [2.05, 4.69) is 41.3 Å². The minimum absolute atomic E-state index is 0.0595. The molecule has 0 unspecified atom stereocenters. The summed E-state index contributed by atoms with van der Waals surface area (Å²) in [6.07, 6.45) is -3.15. The Bertz CT molecular complexity index is 1640. The maximum Gasteiger partial charge on any atom is 0.453 e. The van der Waals surface area contributed by atoms with E-state index in [9.17, 15) is 18.0 Å². The second-order valence-electron chi connectivity index (χ2n) is 9.81. The number of carbonyl (C=O) groups excluding carboxylic acids is 1. The van der Waals surface area contributed by atoms with Gasteiger partial charge in [-0.05, 0) is 44.4 Å². The van der Waals surface area contributed by atoms with Crippen LogP contribution in [0.3, 0.4) is 0 Å². The van der Waals surface area contributed by atoms with Crippen LogP contribution in [0.25, 0.3) is 26.7 Å². The molecule has 1 fully saturated rings. The number of piperidine rings is 1. The molecule has 2 aromatic carbocycles. The van der Waals surface area contributed by atoms with Gasteiger partial charge < -0.3 is 4.90 Å². The number of aromatic nitrogens is 4. The first kappa shape index (κ1) is 26.9. The Labute approximate surface area is 241 Å². The Morgan fingerprint density at radius 3 is 2.23 bits per heavy atom. The van der Waals surface area contributed by atoms with E-state index in [1.165, 1.54) is 5.56 Å². The van der Waals surface area contributed by atoms with Crippen LogP contribution in [-0.4, -0.2) is 43.5 Å². The summed E-state index contributed by atoms with van der Waals surface area (Å²) >= 11 is 8.76. The average molecular weight is 602 g/mol. The van der Waals surface area contributed by atoms with Crippen LogP contribution in [0.2, 0.25) is 5.02 Å². The third-order valence-electron chi connectivity index (χ3n) is 7.07. The van der Waals surface area contributed by atoms with Gasteiger partial charge >= 0.3 is 6.18 Å². The number of alkyl halides is 3. The van der Waals surface area contributed by atoms with Crippen LogP contribution in [0.4, 0.5) is 13.2 Å². The third kappa shape index (κ3) is 5.02. The summed E-state index contributed by atoms with van der Waals surface area (Å²) in [5.74, 6) is -1.21. The number of nitrogens with zero attached hydrogens (tertiary/aromatic N) is 5. The Morgan fingerprint density at radius 1 is 0.950 bits per heavy atom. The molecule has 6 nitrogen and oxygen atoms in total. The molecule has 0 spiro atoms. The van der Waals surface area contributed by atoms with E-state index in [1.54, 1.807) is 23.2 Å². The lowest BCUT2D eigenvalue weighted by molar-refractivity contribution is -0.144. The Hall–Kier alpha value is -3.28. The van der Waals surface area contributed by atoms with E-state index < -0.39 is 12.0 Å². The van der Waals surface area contributed by atoms with Crippen LogP contribution < -0.4 is 0 Å². The summed E-state index contributed by atoms with van der Waals surface area (Å²) in [6.45, 7) is 4.71. The molecule has 0 N–H and O–H groups in total. The predicted molar refractivity (Wildman–Crippen MR) is 151 cm³/mol. The summed E-state index contributed by atoms with van der Waals surface area (Å²) < 4.78 is 40.1. The Morgan fingerprint density at radius 2 is 1.60 bits per heavy atom. The Balaban J connectivity index is 1.22. The van der Waals surface area contributed by atoms with E-state index in [0.717, 1.165) is 55.4 Å². The number of hydrogen-bond acceptors (Lipinski definition) is 6. The van der Waals surface area contributed by atoms with Crippen molar-refractivity contribution in [3.63, 3.8) is 0 Å². The molecule has 6 rings (SSSR count). The highest BCUT2D eigenvalue weighted by atomic mass is 35.5. The second-order valence-corrected chi connectivity index (χ2v) is 12.3. The summed E-state index contributed by atoms with van der Waals surface area (Å²) in [6, 6.07) is 16.1. The standard InChI is InChI=1S/C28H23ClF3N5OS2/c1-15-3-5-18(6-4-15)23-21(17-7-9-20(29)10-8-17)33-24(39-23)19-11-13-36(14-12-19)25(38)22-16(2)37-27(40-22)34-26(35-37)28(30,31)32/h3-10,19H,11-14H2,1-2H3. The van der Waals surface area contributed by atoms with Crippen molar-refractivity contribution < 1.29 is 18.0 Å². The topological polar surface area (TPSA) is 63.4 Å². The van der Waals surface area contributed by atoms with Crippen molar-refractivity contribution in [1.29, 1.82) is 0 Å². The van der Waals surface area contributed by atoms with Crippen molar-refractivity contribution >= 4 is 45.1 Å². The molecule has 12 heteroatoms. The molecule has 0 aliphatic carbocycles. The predicted octanol–water partition coefficient (Wildman–Crippen LogP) is 7.89. The summed E-state index contributed by atoms with van der Waals surface area (Å²) in [7, 11) is 0. The highest BCUT2D eigenvalue weighted by molar-refractivity contribution is 7.19. The zero-order chi connectivity index (χ0) is 28.2. The molecular weight excluding hydrogens is 579 g/mol. The molecule has 1 aliphatic heterocycles.